The molecule has 2 aromatic carbocycles. The van der Waals surface area contributed by atoms with Gasteiger partial charge < -0.3 is 10.1 Å². The van der Waals surface area contributed by atoms with Crippen LogP contribution in [0.4, 0.5) is 0 Å². The number of rotatable bonds is 4. The van der Waals surface area contributed by atoms with Crippen LogP contribution in [0.1, 0.15) is 52.8 Å². The molecule has 5 nitrogen and oxygen atoms in total. The van der Waals surface area contributed by atoms with Gasteiger partial charge in [-0.1, -0.05) is 18.2 Å². The lowest BCUT2D eigenvalue weighted by Crippen LogP contribution is -2.32. The molecular weight excluding hydrogens is 406 g/mol. The third kappa shape index (κ3) is 3.57. The Balaban J connectivity index is 1.24. The lowest BCUT2D eigenvalue weighted by Gasteiger charge is -2.26. The molecule has 4 aromatic rings. The molecule has 0 bridgehead atoms. The second-order valence-corrected chi connectivity index (χ2v) is 9.18. The standard InChI is InChI=1S/C25H21N3O2S/c29-24(27-20-11-12-30-22-4-2-1-3-18(20)22)16-7-10-21-23(13-16)31-25(28-21)17-8-9-19(26-14-17)15-5-6-15/h1-4,7-10,13-15,20H,5-6,11-12H2,(H,27,29)/t20-/m0/s1. The molecule has 2 aromatic heterocycles. The number of aromatic nitrogens is 2. The third-order valence-electron chi connectivity index (χ3n) is 5.94. The quantitative estimate of drug-likeness (QED) is 0.468. The molecule has 31 heavy (non-hydrogen) atoms. The van der Waals surface area contributed by atoms with E-state index in [2.05, 4.69) is 22.4 Å². The smallest absolute Gasteiger partial charge is 0.251 e. The van der Waals surface area contributed by atoms with E-state index in [1.54, 1.807) is 11.3 Å². The summed E-state index contributed by atoms with van der Waals surface area (Å²) in [5, 5.41) is 4.10. The van der Waals surface area contributed by atoms with Crippen molar-refractivity contribution in [2.45, 2.75) is 31.2 Å². The van der Waals surface area contributed by atoms with Gasteiger partial charge in [-0.2, -0.15) is 0 Å². The van der Waals surface area contributed by atoms with Crippen molar-refractivity contribution in [1.29, 1.82) is 0 Å². The van der Waals surface area contributed by atoms with Crippen LogP contribution in [0.2, 0.25) is 0 Å². The van der Waals surface area contributed by atoms with E-state index < -0.39 is 0 Å². The van der Waals surface area contributed by atoms with E-state index in [4.69, 9.17) is 9.72 Å². The summed E-state index contributed by atoms with van der Waals surface area (Å²) in [5.74, 6) is 1.42. The van der Waals surface area contributed by atoms with Crippen molar-refractivity contribution in [3.63, 3.8) is 0 Å². The van der Waals surface area contributed by atoms with Gasteiger partial charge >= 0.3 is 0 Å². The van der Waals surface area contributed by atoms with Gasteiger partial charge in [-0.05, 0) is 49.2 Å². The van der Waals surface area contributed by atoms with Crippen molar-refractivity contribution in [1.82, 2.24) is 15.3 Å². The molecule has 1 atom stereocenters. The van der Waals surface area contributed by atoms with Gasteiger partial charge in [-0.15, -0.1) is 11.3 Å². The normalized spacial score (nSPS) is 17.7. The fraction of sp³-hybridized carbons (Fsp3) is 0.240. The Hall–Kier alpha value is -3.25. The van der Waals surface area contributed by atoms with Crippen molar-refractivity contribution in [2.24, 2.45) is 0 Å². The lowest BCUT2D eigenvalue weighted by atomic mass is 10.00. The molecule has 6 heteroatoms. The van der Waals surface area contributed by atoms with E-state index in [0.717, 1.165) is 38.5 Å². The first kappa shape index (κ1) is 18.5. The predicted octanol–water partition coefficient (Wildman–Crippen LogP) is 5.49. The minimum absolute atomic E-state index is 0.0405. The van der Waals surface area contributed by atoms with Crippen LogP contribution in [0, 0.1) is 0 Å². The molecule has 3 heterocycles. The highest BCUT2D eigenvalue weighted by Crippen LogP contribution is 2.39. The van der Waals surface area contributed by atoms with Gasteiger partial charge in [0.15, 0.2) is 0 Å². The fourth-order valence-electron chi connectivity index (χ4n) is 4.08. The van der Waals surface area contributed by atoms with Crippen LogP contribution in [0.5, 0.6) is 5.75 Å². The van der Waals surface area contributed by atoms with Crippen LogP contribution >= 0.6 is 11.3 Å². The van der Waals surface area contributed by atoms with Gasteiger partial charge in [0.05, 0.1) is 22.9 Å². The summed E-state index contributed by atoms with van der Waals surface area (Å²) in [4.78, 5) is 22.3. The van der Waals surface area contributed by atoms with Gasteiger partial charge in [0.25, 0.3) is 5.91 Å². The number of pyridine rings is 1. The fourth-order valence-corrected chi connectivity index (χ4v) is 5.07. The number of thiazole rings is 1. The predicted molar refractivity (Wildman–Crippen MR) is 122 cm³/mol. The van der Waals surface area contributed by atoms with Crippen LogP contribution in [0.25, 0.3) is 20.8 Å². The minimum atomic E-state index is -0.0750. The summed E-state index contributed by atoms with van der Waals surface area (Å²) in [5.41, 5.74) is 4.78. The largest absolute Gasteiger partial charge is 0.493 e. The van der Waals surface area contributed by atoms with Gasteiger partial charge in [0.1, 0.15) is 10.8 Å². The molecule has 154 valence electrons. The van der Waals surface area contributed by atoms with Crippen molar-refractivity contribution >= 4 is 27.5 Å². The molecule has 1 N–H and O–H groups in total. The van der Waals surface area contributed by atoms with E-state index in [1.807, 2.05) is 48.7 Å². The van der Waals surface area contributed by atoms with E-state index >= 15 is 0 Å². The summed E-state index contributed by atoms with van der Waals surface area (Å²) >= 11 is 1.60. The van der Waals surface area contributed by atoms with Crippen LogP contribution in [-0.4, -0.2) is 22.5 Å². The summed E-state index contributed by atoms with van der Waals surface area (Å²) in [7, 11) is 0. The zero-order valence-electron chi connectivity index (χ0n) is 16.9. The number of hydrogen-bond donors (Lipinski definition) is 1. The Morgan fingerprint density at radius 3 is 2.81 bits per heavy atom. The molecule has 0 spiro atoms. The van der Waals surface area contributed by atoms with Crippen LogP contribution in [0.3, 0.4) is 0 Å². The number of hydrogen-bond acceptors (Lipinski definition) is 5. The lowest BCUT2D eigenvalue weighted by molar-refractivity contribution is 0.0925. The van der Waals surface area contributed by atoms with E-state index in [0.29, 0.717) is 18.1 Å². The maximum atomic E-state index is 13.0. The van der Waals surface area contributed by atoms with Crippen molar-refractivity contribution in [3.05, 3.63) is 77.6 Å². The molecule has 1 amide bonds. The van der Waals surface area contributed by atoms with E-state index in [1.165, 1.54) is 18.5 Å². The molecule has 0 unspecified atom stereocenters. The highest BCUT2D eigenvalue weighted by molar-refractivity contribution is 7.21. The topological polar surface area (TPSA) is 64.1 Å². The molecule has 0 saturated heterocycles. The van der Waals surface area contributed by atoms with Crippen LogP contribution in [0.15, 0.2) is 60.8 Å². The van der Waals surface area contributed by atoms with Gasteiger partial charge in [0, 0.05) is 40.9 Å². The number of carbonyl (C=O) groups is 1. The van der Waals surface area contributed by atoms with Gasteiger partial charge in [-0.3, -0.25) is 9.78 Å². The Morgan fingerprint density at radius 1 is 1.06 bits per heavy atom. The van der Waals surface area contributed by atoms with Crippen LogP contribution < -0.4 is 10.1 Å². The number of ether oxygens (including phenoxy) is 1. The molecule has 1 fully saturated rings. The maximum absolute atomic E-state index is 13.0. The number of fused-ring (bicyclic) bond motifs is 2. The van der Waals surface area contributed by atoms with Gasteiger partial charge in [0.2, 0.25) is 0 Å². The third-order valence-corrected chi connectivity index (χ3v) is 7.01. The second-order valence-electron chi connectivity index (χ2n) is 8.15. The average molecular weight is 428 g/mol. The Kier molecular flexibility index (Phi) is 4.46. The monoisotopic (exact) mass is 427 g/mol. The first-order valence-electron chi connectivity index (χ1n) is 10.6. The number of nitrogens with zero attached hydrogens (tertiary/aromatic N) is 2. The highest BCUT2D eigenvalue weighted by atomic mass is 32.1. The first-order chi connectivity index (χ1) is 15.2. The summed E-state index contributed by atoms with van der Waals surface area (Å²) in [6, 6.07) is 17.8. The number of amides is 1. The molecule has 1 aliphatic heterocycles. The highest BCUT2D eigenvalue weighted by Gasteiger charge is 2.25. The SMILES string of the molecule is O=C(N[C@H]1CCOc2ccccc21)c1ccc2nc(-c3ccc(C4CC4)nc3)sc2c1. The Bertz CT molecular complexity index is 1280. The molecule has 2 aliphatic rings. The van der Waals surface area contributed by atoms with E-state index in [-0.39, 0.29) is 11.9 Å². The molecule has 1 saturated carbocycles. The zero-order valence-corrected chi connectivity index (χ0v) is 17.7. The Labute approximate surface area is 184 Å². The summed E-state index contributed by atoms with van der Waals surface area (Å²) < 4.78 is 6.71. The molecular formula is C25H21N3O2S. The number of para-hydroxylation sites is 1. The molecule has 0 radical (unpaired) electrons. The maximum Gasteiger partial charge on any atom is 0.251 e. The van der Waals surface area contributed by atoms with Crippen molar-refractivity contribution < 1.29 is 9.53 Å². The van der Waals surface area contributed by atoms with Crippen molar-refractivity contribution in [3.8, 4) is 16.3 Å². The first-order valence-corrected chi connectivity index (χ1v) is 11.5. The molecule has 1 aliphatic carbocycles. The van der Waals surface area contributed by atoms with Gasteiger partial charge in [-0.25, -0.2) is 4.98 Å². The Morgan fingerprint density at radius 2 is 1.97 bits per heavy atom. The van der Waals surface area contributed by atoms with Crippen LogP contribution in [-0.2, 0) is 0 Å². The van der Waals surface area contributed by atoms with E-state index in [9.17, 15) is 4.79 Å². The zero-order chi connectivity index (χ0) is 20.8. The summed E-state index contributed by atoms with van der Waals surface area (Å²) in [6.07, 6.45) is 5.18. The number of carbonyl (C=O) groups excluding carboxylic acids is 1. The van der Waals surface area contributed by atoms with Crippen molar-refractivity contribution in [2.75, 3.05) is 6.61 Å². The molecule has 6 rings (SSSR count). The summed E-state index contributed by atoms with van der Waals surface area (Å²) in [6.45, 7) is 0.604. The second kappa shape index (κ2) is 7.46. The average Bonchev–Trinajstić information content (AvgIpc) is 3.57. The number of benzene rings is 2. The minimum Gasteiger partial charge on any atom is -0.493 e. The number of nitrogens with one attached hydrogen (secondary N) is 1.